The van der Waals surface area contributed by atoms with E-state index in [1.54, 1.807) is 38.5 Å². The predicted molar refractivity (Wildman–Crippen MR) is 94.9 cm³/mol. The first kappa shape index (κ1) is 17.7. The van der Waals surface area contributed by atoms with Crippen LogP contribution in [0.15, 0.2) is 18.2 Å². The number of nitrogens with zero attached hydrogens (tertiary/aromatic N) is 1. The zero-order chi connectivity index (χ0) is 15.6. The van der Waals surface area contributed by atoms with E-state index in [1.165, 1.54) is 0 Å². The normalized spacial score (nSPS) is 12.9. The quantitative estimate of drug-likeness (QED) is 0.189. The van der Waals surface area contributed by atoms with Gasteiger partial charge in [-0.15, -0.1) is 0 Å². The van der Waals surface area contributed by atoms with Crippen molar-refractivity contribution < 1.29 is 9.94 Å². The van der Waals surface area contributed by atoms with Gasteiger partial charge in [0, 0.05) is 0 Å². The molecule has 1 rings (SSSR count). The molecule has 1 aromatic rings. The lowest BCUT2D eigenvalue weighted by atomic mass is 9.90. The minimum Gasteiger partial charge on any atom is -0.397 e. The Morgan fingerprint density at radius 2 is 1.95 bits per heavy atom. The zero-order valence-corrected chi connectivity index (χ0v) is 15.2. The molecule has 8 heteroatoms. The minimum absolute atomic E-state index is 0.403. The van der Waals surface area contributed by atoms with Crippen LogP contribution in [0.25, 0.3) is 0 Å². The molecule has 1 unspecified atom stereocenters. The molecule has 1 aromatic carbocycles. The third-order valence-corrected chi connectivity index (χ3v) is 5.26. The first-order valence-corrected chi connectivity index (χ1v) is 10.1. The summed E-state index contributed by atoms with van der Waals surface area (Å²) in [5.41, 5.74) is 9.06. The monoisotopic (exact) mass is 412 g/mol. The second kappa shape index (κ2) is 6.62. The molecular weight excluding hydrogens is 390 g/mol. The van der Waals surface area contributed by atoms with Gasteiger partial charge in [0.25, 0.3) is 0 Å². The van der Waals surface area contributed by atoms with Crippen molar-refractivity contribution >= 4 is 45.5 Å². The van der Waals surface area contributed by atoms with E-state index in [-0.39, 0.29) is 0 Å². The number of aliphatic hydroxyl groups is 1. The van der Waals surface area contributed by atoms with Gasteiger partial charge >= 0.3 is 0 Å². The van der Waals surface area contributed by atoms with E-state index in [4.69, 9.17) is 16.4 Å². The summed E-state index contributed by atoms with van der Waals surface area (Å²) in [6, 6.07) is 5.39. The fraction of sp³-hybridized carbons (Fsp3) is 0.500. The van der Waals surface area contributed by atoms with Crippen molar-refractivity contribution in [1.82, 2.24) is 0 Å². The molecule has 0 saturated carbocycles. The molecule has 0 aromatic heterocycles. The molecule has 6 nitrogen and oxygen atoms in total. The number of nitrogen functional groups attached to an aromatic ring is 1. The molecule has 6 N–H and O–H groups in total. The summed E-state index contributed by atoms with van der Waals surface area (Å²) < 4.78 is 1.58. The van der Waals surface area contributed by atoms with Gasteiger partial charge in [0.1, 0.15) is 5.60 Å². The zero-order valence-electron chi connectivity index (χ0n) is 12.1. The molecule has 20 heavy (non-hydrogen) atoms. The Morgan fingerprint density at radius 3 is 2.40 bits per heavy atom. The average molecular weight is 412 g/mol. The molecule has 0 aliphatic rings. The molecule has 0 saturated heterocycles. The maximum absolute atomic E-state index is 10.0. The highest BCUT2D eigenvalue weighted by Crippen LogP contribution is 2.35. The molecule has 1 atom stereocenters. The molecule has 0 fully saturated rings. The summed E-state index contributed by atoms with van der Waals surface area (Å²) in [5, 5.41) is 10.0. The summed E-state index contributed by atoms with van der Waals surface area (Å²) in [6.07, 6.45) is 0.403. The number of hydrogen-bond acceptors (Lipinski definition) is 6. The van der Waals surface area contributed by atoms with E-state index in [0.29, 0.717) is 17.7 Å². The maximum Gasteiger partial charge on any atom is 0.118 e. The lowest BCUT2D eigenvalue weighted by molar-refractivity contribution is -0.130. The molecule has 0 radical (unpaired) electrons. The van der Waals surface area contributed by atoms with Crippen LogP contribution in [0.4, 0.5) is 17.1 Å². The van der Waals surface area contributed by atoms with E-state index in [2.05, 4.69) is 27.5 Å². The Hall–Kier alpha value is -0.340. The van der Waals surface area contributed by atoms with Crippen LogP contribution >= 0.6 is 28.4 Å². The number of nitrogens with two attached hydrogens (primary N) is 2. The van der Waals surface area contributed by atoms with E-state index in [0.717, 1.165) is 5.69 Å². The molecule has 0 bridgehead atoms. The van der Waals surface area contributed by atoms with Gasteiger partial charge in [-0.05, 0) is 67.9 Å². The molecule has 0 amide bonds. The lowest BCUT2D eigenvalue weighted by Crippen LogP contribution is -2.48. The van der Waals surface area contributed by atoms with Crippen LogP contribution in [0, 0.1) is 0 Å². The molecule has 114 valence electrons. The first-order chi connectivity index (χ1) is 9.08. The van der Waals surface area contributed by atoms with Crippen LogP contribution in [0.2, 0.25) is 0 Å². The van der Waals surface area contributed by atoms with Crippen LogP contribution in [-0.2, 0) is 4.84 Å². The highest BCUT2D eigenvalue weighted by Gasteiger charge is 2.37. The summed E-state index contributed by atoms with van der Waals surface area (Å²) in [6.45, 7) is 6.99. The number of nitrogens with one attached hydrogen (secondary N) is 1. The van der Waals surface area contributed by atoms with Gasteiger partial charge in [-0.2, -0.15) is 0 Å². The summed E-state index contributed by atoms with van der Waals surface area (Å²) in [7, 11) is 0. The van der Waals surface area contributed by atoms with Crippen LogP contribution in [-0.4, -0.2) is 16.3 Å². The van der Waals surface area contributed by atoms with Crippen molar-refractivity contribution in [2.75, 3.05) is 16.0 Å². The van der Waals surface area contributed by atoms with Gasteiger partial charge in [0.15, 0.2) is 0 Å². The standard InChI is InChI=1S/C12H22IN4O2P/c1-11(2,18)12(3,4)19-16-8-5-6-10(9(14)7-8)17(15)20-13/h5-7,16,18,20H,14-15H2,1-4H3. The van der Waals surface area contributed by atoms with E-state index < -0.39 is 11.2 Å². The van der Waals surface area contributed by atoms with E-state index in [9.17, 15) is 5.11 Å². The van der Waals surface area contributed by atoms with Crippen LogP contribution in [0.1, 0.15) is 27.7 Å². The van der Waals surface area contributed by atoms with E-state index in [1.807, 2.05) is 12.1 Å². The van der Waals surface area contributed by atoms with Crippen molar-refractivity contribution in [2.24, 2.45) is 5.84 Å². The average Bonchev–Trinajstić information content (AvgIpc) is 2.34. The van der Waals surface area contributed by atoms with Crippen LogP contribution in [0.5, 0.6) is 0 Å². The Balaban J connectivity index is 2.79. The Kier molecular flexibility index (Phi) is 5.86. The highest BCUT2D eigenvalue weighted by atomic mass is 127. The van der Waals surface area contributed by atoms with Crippen molar-refractivity contribution in [1.29, 1.82) is 0 Å². The number of anilines is 3. The molecule has 0 aliphatic carbocycles. The third-order valence-electron chi connectivity index (χ3n) is 3.28. The number of halogens is 1. The number of hydrazine groups is 1. The van der Waals surface area contributed by atoms with Crippen LogP contribution < -0.4 is 21.8 Å². The smallest absolute Gasteiger partial charge is 0.118 e. The van der Waals surface area contributed by atoms with E-state index >= 15 is 0 Å². The second-order valence-corrected chi connectivity index (χ2v) is 7.60. The molecular formula is C12H22IN4O2P. The van der Waals surface area contributed by atoms with Gasteiger partial charge in [-0.3, -0.25) is 15.1 Å². The number of hydrogen-bond donors (Lipinski definition) is 4. The predicted octanol–water partition coefficient (Wildman–Crippen LogP) is 2.79. The molecule has 0 spiro atoms. The molecule has 0 aliphatic heterocycles. The van der Waals surface area contributed by atoms with Crippen molar-refractivity contribution in [3.05, 3.63) is 18.2 Å². The maximum atomic E-state index is 10.0. The van der Waals surface area contributed by atoms with Crippen molar-refractivity contribution in [2.45, 2.75) is 38.9 Å². The largest absolute Gasteiger partial charge is 0.397 e. The Labute approximate surface area is 134 Å². The third kappa shape index (κ3) is 4.33. The number of rotatable bonds is 6. The Morgan fingerprint density at radius 1 is 1.35 bits per heavy atom. The fourth-order valence-corrected chi connectivity index (χ4v) is 2.27. The Bertz CT molecular complexity index is 465. The minimum atomic E-state index is -0.984. The SMILES string of the molecule is CC(C)(O)C(C)(C)ONc1ccc(N(N)PI)c(N)c1. The summed E-state index contributed by atoms with van der Waals surface area (Å²) >= 11 is 2.18. The summed E-state index contributed by atoms with van der Waals surface area (Å²) in [5.74, 6) is 5.82. The fourth-order valence-electron chi connectivity index (χ4n) is 1.19. The topological polar surface area (TPSA) is 96.8 Å². The summed E-state index contributed by atoms with van der Waals surface area (Å²) in [4.78, 5) is 5.56. The van der Waals surface area contributed by atoms with Gasteiger partial charge in [-0.1, -0.05) is 0 Å². The van der Waals surface area contributed by atoms with Gasteiger partial charge < -0.3 is 10.8 Å². The first-order valence-electron chi connectivity index (χ1n) is 6.05. The molecule has 0 heterocycles. The van der Waals surface area contributed by atoms with Gasteiger partial charge in [0.2, 0.25) is 0 Å². The van der Waals surface area contributed by atoms with Crippen molar-refractivity contribution in [3.63, 3.8) is 0 Å². The van der Waals surface area contributed by atoms with Crippen molar-refractivity contribution in [3.8, 4) is 0 Å². The van der Waals surface area contributed by atoms with Gasteiger partial charge in [0.05, 0.1) is 29.0 Å². The lowest BCUT2D eigenvalue weighted by Gasteiger charge is -2.36. The number of benzene rings is 1. The second-order valence-electron chi connectivity index (χ2n) is 5.50. The van der Waals surface area contributed by atoms with Crippen LogP contribution in [0.3, 0.4) is 0 Å². The van der Waals surface area contributed by atoms with Gasteiger partial charge in [-0.25, -0.2) is 5.84 Å². The highest BCUT2D eigenvalue weighted by molar-refractivity contribution is 14.2.